The first-order valence-electron chi connectivity index (χ1n) is 4.69. The van der Waals surface area contributed by atoms with Gasteiger partial charge in [-0.1, -0.05) is 47.6 Å². The Morgan fingerprint density at radius 1 is 1.08 bits per heavy atom. The number of allylic oxidation sites excluding steroid dienone is 8. The van der Waals surface area contributed by atoms with Crippen LogP contribution in [-0.2, 0) is 0 Å². The van der Waals surface area contributed by atoms with E-state index >= 15 is 0 Å². The van der Waals surface area contributed by atoms with Crippen molar-refractivity contribution in [3.63, 3.8) is 0 Å². The van der Waals surface area contributed by atoms with Crippen LogP contribution in [0.2, 0.25) is 5.54 Å². The van der Waals surface area contributed by atoms with Crippen LogP contribution in [0, 0.1) is 0 Å². The maximum Gasteiger partial charge on any atom is 0.136 e. The van der Waals surface area contributed by atoms with Gasteiger partial charge < -0.3 is 0 Å². The van der Waals surface area contributed by atoms with E-state index in [1.807, 2.05) is 0 Å². The van der Waals surface area contributed by atoms with Crippen molar-refractivity contribution in [2.45, 2.75) is 18.4 Å². The SMILES string of the molecule is Cl[SiH2]C(C1=CC=CC1)C1=CC=CC1. The fraction of sp³-hybridized carbons (Fsp3) is 0.273. The molecule has 0 N–H and O–H groups in total. The molecule has 0 saturated heterocycles. The minimum atomic E-state index is -0.475. The molecule has 0 aromatic rings. The van der Waals surface area contributed by atoms with Crippen LogP contribution in [0.25, 0.3) is 0 Å². The van der Waals surface area contributed by atoms with Gasteiger partial charge in [0.2, 0.25) is 0 Å². The van der Waals surface area contributed by atoms with Crippen LogP contribution >= 0.6 is 11.1 Å². The second-order valence-corrected chi connectivity index (χ2v) is 5.51. The zero-order valence-electron chi connectivity index (χ0n) is 7.54. The number of rotatable bonds is 3. The molecule has 0 fully saturated rings. The summed E-state index contributed by atoms with van der Waals surface area (Å²) in [6.07, 6.45) is 15.4. The van der Waals surface area contributed by atoms with Crippen molar-refractivity contribution in [2.24, 2.45) is 0 Å². The highest BCUT2D eigenvalue weighted by Crippen LogP contribution is 2.35. The lowest BCUT2D eigenvalue weighted by Crippen LogP contribution is -2.03. The summed E-state index contributed by atoms with van der Waals surface area (Å²) in [6.45, 7) is 0. The normalized spacial score (nSPS) is 20.8. The van der Waals surface area contributed by atoms with Crippen molar-refractivity contribution in [3.05, 3.63) is 47.6 Å². The highest BCUT2D eigenvalue weighted by molar-refractivity contribution is 6.95. The quantitative estimate of drug-likeness (QED) is 0.494. The van der Waals surface area contributed by atoms with Crippen LogP contribution in [0.3, 0.4) is 0 Å². The Hall–Kier alpha value is -0.533. The molecule has 2 heteroatoms. The fourth-order valence-corrected chi connectivity index (χ4v) is 4.07. The molecule has 0 amide bonds. The van der Waals surface area contributed by atoms with Crippen LogP contribution in [-0.4, -0.2) is 8.83 Å². The van der Waals surface area contributed by atoms with E-state index in [0.29, 0.717) is 5.54 Å². The molecule has 0 unspecified atom stereocenters. The molecule has 0 aliphatic heterocycles. The third-order valence-corrected chi connectivity index (χ3v) is 4.93. The third-order valence-electron chi connectivity index (χ3n) is 2.65. The minimum Gasteiger partial charge on any atom is -0.175 e. The zero-order valence-corrected chi connectivity index (χ0v) is 9.71. The van der Waals surface area contributed by atoms with Crippen molar-refractivity contribution in [3.8, 4) is 0 Å². The number of halogens is 1. The van der Waals surface area contributed by atoms with Crippen LogP contribution in [0.4, 0.5) is 0 Å². The van der Waals surface area contributed by atoms with E-state index < -0.39 is 8.83 Å². The van der Waals surface area contributed by atoms with Gasteiger partial charge >= 0.3 is 0 Å². The van der Waals surface area contributed by atoms with Gasteiger partial charge in [-0.15, -0.1) is 0 Å². The topological polar surface area (TPSA) is 0 Å². The molecule has 0 nitrogen and oxygen atoms in total. The lowest BCUT2D eigenvalue weighted by molar-refractivity contribution is 1.02. The molecule has 0 spiro atoms. The number of hydrogen-bond donors (Lipinski definition) is 0. The fourth-order valence-electron chi connectivity index (χ4n) is 1.88. The van der Waals surface area contributed by atoms with E-state index in [2.05, 4.69) is 36.5 Å². The van der Waals surface area contributed by atoms with Gasteiger partial charge in [-0.25, -0.2) is 0 Å². The molecule has 2 aliphatic carbocycles. The average Bonchev–Trinajstić information content (AvgIpc) is 2.76. The molecular weight excluding hydrogens is 196 g/mol. The van der Waals surface area contributed by atoms with Crippen molar-refractivity contribution < 1.29 is 0 Å². The first-order chi connectivity index (χ1) is 6.42. The van der Waals surface area contributed by atoms with Gasteiger partial charge in [-0.2, -0.15) is 11.1 Å². The molecule has 0 bridgehead atoms. The molecule has 2 rings (SSSR count). The summed E-state index contributed by atoms with van der Waals surface area (Å²) in [5, 5.41) is 0. The molecule has 68 valence electrons. The summed E-state index contributed by atoms with van der Waals surface area (Å²) in [4.78, 5) is 0. The van der Waals surface area contributed by atoms with Crippen LogP contribution < -0.4 is 0 Å². The van der Waals surface area contributed by atoms with Crippen molar-refractivity contribution in [2.75, 3.05) is 0 Å². The Kier molecular flexibility index (Phi) is 2.86. The lowest BCUT2D eigenvalue weighted by Gasteiger charge is -2.16. The second kappa shape index (κ2) is 4.12. The predicted molar refractivity (Wildman–Crippen MR) is 61.8 cm³/mol. The van der Waals surface area contributed by atoms with E-state index in [1.54, 1.807) is 0 Å². The first kappa shape index (κ1) is 9.04. The molecule has 0 aromatic heterocycles. The summed E-state index contributed by atoms with van der Waals surface area (Å²) >= 11 is 6.13. The molecular formula is C11H13ClSi. The Morgan fingerprint density at radius 2 is 1.62 bits per heavy atom. The van der Waals surface area contributed by atoms with Crippen LogP contribution in [0.5, 0.6) is 0 Å². The summed E-state index contributed by atoms with van der Waals surface area (Å²) in [5.74, 6) is 0. The van der Waals surface area contributed by atoms with E-state index in [1.165, 1.54) is 11.1 Å². The molecule has 2 aliphatic rings. The summed E-state index contributed by atoms with van der Waals surface area (Å²) in [5.41, 5.74) is 3.65. The van der Waals surface area contributed by atoms with E-state index in [9.17, 15) is 0 Å². The maximum atomic E-state index is 6.13. The van der Waals surface area contributed by atoms with Crippen molar-refractivity contribution >= 4 is 19.9 Å². The Morgan fingerprint density at radius 3 is 1.92 bits per heavy atom. The summed E-state index contributed by atoms with van der Waals surface area (Å²) in [7, 11) is -0.475. The molecule has 0 saturated carbocycles. The molecule has 0 aromatic carbocycles. The monoisotopic (exact) mass is 208 g/mol. The molecule has 0 radical (unpaired) electrons. The number of hydrogen-bond acceptors (Lipinski definition) is 0. The van der Waals surface area contributed by atoms with E-state index in [0.717, 1.165) is 12.8 Å². The third kappa shape index (κ3) is 1.87. The zero-order chi connectivity index (χ0) is 9.10. The highest BCUT2D eigenvalue weighted by Gasteiger charge is 2.19. The van der Waals surface area contributed by atoms with Gasteiger partial charge in [-0.05, 0) is 12.8 Å². The second-order valence-electron chi connectivity index (χ2n) is 3.45. The van der Waals surface area contributed by atoms with Crippen molar-refractivity contribution in [1.29, 1.82) is 0 Å². The Bertz CT molecular complexity index is 280. The van der Waals surface area contributed by atoms with Crippen LogP contribution in [0.15, 0.2) is 47.6 Å². The minimum absolute atomic E-state index is 0.475. The van der Waals surface area contributed by atoms with Crippen molar-refractivity contribution in [1.82, 2.24) is 0 Å². The maximum absolute atomic E-state index is 6.13. The van der Waals surface area contributed by atoms with Gasteiger partial charge in [0.15, 0.2) is 0 Å². The van der Waals surface area contributed by atoms with Gasteiger partial charge in [-0.3, -0.25) is 0 Å². The Labute approximate surface area is 86.2 Å². The van der Waals surface area contributed by atoms with Gasteiger partial charge in [0.25, 0.3) is 0 Å². The van der Waals surface area contributed by atoms with Crippen LogP contribution in [0.1, 0.15) is 12.8 Å². The average molecular weight is 209 g/mol. The Balaban J connectivity index is 2.09. The standard InChI is InChI=1S/C11H13ClSi/c12-13-11(9-5-1-2-6-9)10-7-3-4-8-10/h1-5,7,11H,6,8,13H2. The summed E-state index contributed by atoms with van der Waals surface area (Å²) < 4.78 is 0. The smallest absolute Gasteiger partial charge is 0.136 e. The van der Waals surface area contributed by atoms with Gasteiger partial charge in [0.1, 0.15) is 8.83 Å². The molecule has 0 heterocycles. The first-order valence-corrected chi connectivity index (χ1v) is 7.64. The van der Waals surface area contributed by atoms with Gasteiger partial charge in [0, 0.05) is 5.54 Å². The summed E-state index contributed by atoms with van der Waals surface area (Å²) in [6, 6.07) is 0. The largest absolute Gasteiger partial charge is 0.175 e. The lowest BCUT2D eigenvalue weighted by atomic mass is 10.0. The van der Waals surface area contributed by atoms with E-state index in [-0.39, 0.29) is 0 Å². The molecule has 13 heavy (non-hydrogen) atoms. The highest BCUT2D eigenvalue weighted by atomic mass is 35.6. The van der Waals surface area contributed by atoms with Gasteiger partial charge in [0.05, 0.1) is 0 Å². The molecule has 0 atom stereocenters. The predicted octanol–water partition coefficient (Wildman–Crippen LogP) is 2.87. The van der Waals surface area contributed by atoms with E-state index in [4.69, 9.17) is 11.1 Å².